The summed E-state index contributed by atoms with van der Waals surface area (Å²) in [5.74, 6) is 1.41. The normalized spacial score (nSPS) is 16.2. The topological polar surface area (TPSA) is 99.0 Å². The Kier molecular flexibility index (Phi) is 5.52. The fourth-order valence-electron chi connectivity index (χ4n) is 4.01. The highest BCUT2D eigenvalue weighted by Crippen LogP contribution is 2.21. The SMILES string of the molecule is Cc1noc(C)c1Cn1nc2n(c1=O)CCC(C(=O)N(C)Cc1cccnc1)CC2. The highest BCUT2D eigenvalue weighted by atomic mass is 16.5. The van der Waals surface area contributed by atoms with Gasteiger partial charge >= 0.3 is 5.69 Å². The van der Waals surface area contributed by atoms with Gasteiger partial charge in [0.1, 0.15) is 11.6 Å². The van der Waals surface area contributed by atoms with Gasteiger partial charge in [-0.3, -0.25) is 14.3 Å². The van der Waals surface area contributed by atoms with Crippen LogP contribution >= 0.6 is 0 Å². The predicted octanol–water partition coefficient (Wildman–Crippen LogP) is 1.70. The van der Waals surface area contributed by atoms with Crippen LogP contribution in [0.3, 0.4) is 0 Å². The van der Waals surface area contributed by atoms with Crippen molar-refractivity contribution in [3.05, 3.63) is 63.4 Å². The van der Waals surface area contributed by atoms with Gasteiger partial charge in [0.15, 0.2) is 0 Å². The highest BCUT2D eigenvalue weighted by molar-refractivity contribution is 5.78. The summed E-state index contributed by atoms with van der Waals surface area (Å²) in [6.07, 6.45) is 5.39. The first kappa shape index (κ1) is 20.1. The molecule has 0 aromatic carbocycles. The van der Waals surface area contributed by atoms with Gasteiger partial charge in [-0.15, -0.1) is 0 Å². The lowest BCUT2D eigenvalue weighted by Crippen LogP contribution is -2.33. The minimum Gasteiger partial charge on any atom is -0.361 e. The second-order valence-electron chi connectivity index (χ2n) is 7.89. The molecule has 3 aromatic heterocycles. The van der Waals surface area contributed by atoms with Gasteiger partial charge in [-0.05, 0) is 38.3 Å². The summed E-state index contributed by atoms with van der Waals surface area (Å²) in [4.78, 5) is 31.7. The van der Waals surface area contributed by atoms with Gasteiger partial charge in [0.25, 0.3) is 0 Å². The number of pyridine rings is 1. The lowest BCUT2D eigenvalue weighted by molar-refractivity contribution is -0.135. The van der Waals surface area contributed by atoms with Crippen molar-refractivity contribution in [2.45, 2.75) is 52.7 Å². The van der Waals surface area contributed by atoms with E-state index in [1.165, 1.54) is 4.68 Å². The Hall–Kier alpha value is -3.23. The van der Waals surface area contributed by atoms with Gasteiger partial charge in [0.2, 0.25) is 5.91 Å². The maximum atomic E-state index is 12.9. The molecule has 0 aliphatic carbocycles. The first-order valence-corrected chi connectivity index (χ1v) is 10.2. The molecule has 1 atom stereocenters. The van der Waals surface area contributed by atoms with Crippen LogP contribution in [0.2, 0.25) is 0 Å². The maximum absolute atomic E-state index is 12.9. The Labute approximate surface area is 174 Å². The molecule has 1 amide bonds. The number of fused-ring (bicyclic) bond motifs is 1. The molecule has 0 fully saturated rings. The van der Waals surface area contributed by atoms with Gasteiger partial charge in [-0.2, -0.15) is 5.10 Å². The van der Waals surface area contributed by atoms with Crippen molar-refractivity contribution >= 4 is 5.91 Å². The third-order valence-corrected chi connectivity index (χ3v) is 5.77. The summed E-state index contributed by atoms with van der Waals surface area (Å²) in [6.45, 7) is 5.05. The number of rotatable bonds is 5. The number of carbonyl (C=O) groups excluding carboxylic acids is 1. The molecule has 0 radical (unpaired) electrons. The molecule has 0 saturated heterocycles. The van der Waals surface area contributed by atoms with Crippen LogP contribution in [-0.2, 0) is 30.8 Å². The molecule has 3 aromatic rings. The molecule has 0 bridgehead atoms. The number of nitrogens with zero attached hydrogens (tertiary/aromatic N) is 6. The standard InChI is InChI=1S/C21H26N6O3/c1-14-18(15(2)30-24-14)13-27-21(29)26-10-8-17(6-7-19(26)23-27)20(28)25(3)12-16-5-4-9-22-11-16/h4-5,9,11,17H,6-8,10,12-13H2,1-3H3. The van der Waals surface area contributed by atoms with Crippen molar-refractivity contribution in [3.63, 3.8) is 0 Å². The number of carbonyl (C=O) groups is 1. The molecule has 4 rings (SSSR count). The van der Waals surface area contributed by atoms with E-state index < -0.39 is 0 Å². The molecule has 9 nitrogen and oxygen atoms in total. The predicted molar refractivity (Wildman–Crippen MR) is 109 cm³/mol. The zero-order valence-electron chi connectivity index (χ0n) is 17.5. The molecule has 1 aliphatic heterocycles. The average Bonchev–Trinajstić information content (AvgIpc) is 3.12. The maximum Gasteiger partial charge on any atom is 0.346 e. The molecular weight excluding hydrogens is 384 g/mol. The fraction of sp³-hybridized carbons (Fsp3) is 0.476. The zero-order chi connectivity index (χ0) is 21.3. The van der Waals surface area contributed by atoms with Gasteiger partial charge in [-0.1, -0.05) is 11.2 Å². The third-order valence-electron chi connectivity index (χ3n) is 5.77. The van der Waals surface area contributed by atoms with Gasteiger partial charge in [-0.25, -0.2) is 9.48 Å². The van der Waals surface area contributed by atoms with E-state index in [9.17, 15) is 9.59 Å². The average molecular weight is 410 g/mol. The molecule has 1 aliphatic rings. The van der Waals surface area contributed by atoms with E-state index in [2.05, 4.69) is 15.2 Å². The van der Waals surface area contributed by atoms with Crippen LogP contribution in [0.1, 0.15) is 41.2 Å². The minimum absolute atomic E-state index is 0.0978. The number of aryl methyl sites for hydroxylation is 3. The summed E-state index contributed by atoms with van der Waals surface area (Å²) < 4.78 is 8.36. The molecule has 0 spiro atoms. The van der Waals surface area contributed by atoms with Crippen molar-refractivity contribution in [2.75, 3.05) is 7.05 Å². The van der Waals surface area contributed by atoms with Gasteiger partial charge in [0, 0.05) is 50.4 Å². The first-order valence-electron chi connectivity index (χ1n) is 10.2. The molecule has 4 heterocycles. The van der Waals surface area contributed by atoms with Gasteiger partial charge in [0.05, 0.1) is 12.2 Å². The number of hydrogen-bond acceptors (Lipinski definition) is 6. The summed E-state index contributed by atoms with van der Waals surface area (Å²) in [5, 5.41) is 8.48. The second kappa shape index (κ2) is 8.25. The zero-order valence-corrected chi connectivity index (χ0v) is 17.5. The second-order valence-corrected chi connectivity index (χ2v) is 7.89. The van der Waals surface area contributed by atoms with Crippen LogP contribution < -0.4 is 5.69 Å². The van der Waals surface area contributed by atoms with E-state index in [0.717, 1.165) is 22.6 Å². The van der Waals surface area contributed by atoms with Crippen molar-refractivity contribution in [2.24, 2.45) is 5.92 Å². The number of hydrogen-bond donors (Lipinski definition) is 0. The van der Waals surface area contributed by atoms with Crippen molar-refractivity contribution in [3.8, 4) is 0 Å². The minimum atomic E-state index is -0.151. The molecule has 9 heteroatoms. The number of amides is 1. The molecule has 158 valence electrons. The largest absolute Gasteiger partial charge is 0.361 e. The fourth-order valence-corrected chi connectivity index (χ4v) is 4.01. The Morgan fingerprint density at radius 3 is 2.87 bits per heavy atom. The van der Waals surface area contributed by atoms with Crippen molar-refractivity contribution < 1.29 is 9.32 Å². The first-order chi connectivity index (χ1) is 14.4. The molecule has 30 heavy (non-hydrogen) atoms. The van der Waals surface area contributed by atoms with Crippen LogP contribution in [0.5, 0.6) is 0 Å². The Balaban J connectivity index is 1.44. The van der Waals surface area contributed by atoms with Crippen LogP contribution in [-0.4, -0.2) is 42.3 Å². The summed E-state index contributed by atoms with van der Waals surface area (Å²) >= 11 is 0. The Bertz CT molecular complexity index is 1080. The molecular formula is C21H26N6O3. The summed E-state index contributed by atoms with van der Waals surface area (Å²) in [7, 11) is 1.81. The molecule has 0 N–H and O–H groups in total. The monoisotopic (exact) mass is 410 g/mol. The van der Waals surface area contributed by atoms with E-state index in [0.29, 0.717) is 44.7 Å². The Morgan fingerprint density at radius 2 is 2.17 bits per heavy atom. The lowest BCUT2D eigenvalue weighted by atomic mass is 9.98. The van der Waals surface area contributed by atoms with Gasteiger partial charge < -0.3 is 9.42 Å². The Morgan fingerprint density at radius 1 is 1.33 bits per heavy atom. The van der Waals surface area contributed by atoms with Crippen LogP contribution in [0.15, 0.2) is 33.8 Å². The summed E-state index contributed by atoms with van der Waals surface area (Å²) in [6, 6.07) is 3.83. The van der Waals surface area contributed by atoms with E-state index in [4.69, 9.17) is 4.52 Å². The van der Waals surface area contributed by atoms with Crippen LogP contribution in [0.25, 0.3) is 0 Å². The molecule has 1 unspecified atom stereocenters. The van der Waals surface area contributed by atoms with Crippen LogP contribution in [0.4, 0.5) is 0 Å². The number of aromatic nitrogens is 5. The van der Waals surface area contributed by atoms with Crippen LogP contribution in [0, 0.1) is 19.8 Å². The van der Waals surface area contributed by atoms with E-state index in [-0.39, 0.29) is 17.5 Å². The summed E-state index contributed by atoms with van der Waals surface area (Å²) in [5.41, 5.74) is 2.50. The lowest BCUT2D eigenvalue weighted by Gasteiger charge is -2.22. The van der Waals surface area contributed by atoms with E-state index in [1.54, 1.807) is 21.9 Å². The smallest absolute Gasteiger partial charge is 0.346 e. The van der Waals surface area contributed by atoms with E-state index >= 15 is 0 Å². The quantitative estimate of drug-likeness (QED) is 0.635. The van der Waals surface area contributed by atoms with Crippen molar-refractivity contribution in [1.29, 1.82) is 0 Å². The molecule has 0 saturated carbocycles. The highest BCUT2D eigenvalue weighted by Gasteiger charge is 2.27. The van der Waals surface area contributed by atoms with Crippen molar-refractivity contribution in [1.82, 2.24) is 29.4 Å². The third kappa shape index (κ3) is 3.92. The van der Waals surface area contributed by atoms with E-state index in [1.807, 2.05) is 33.0 Å².